The lowest BCUT2D eigenvalue weighted by molar-refractivity contribution is -0.00978. The number of nitrogens with two attached hydrogens (primary N) is 1. The summed E-state index contributed by atoms with van der Waals surface area (Å²) in [4.78, 5) is 47.2. The van der Waals surface area contributed by atoms with E-state index in [9.17, 15) is 28.6 Å². The zero-order chi connectivity index (χ0) is 24.1. The second-order valence-electron chi connectivity index (χ2n) is 6.67. The maximum Gasteiger partial charge on any atom is 0.490 e. The molecule has 0 amide bonds. The minimum atomic E-state index is -5.65. The third kappa shape index (κ3) is 5.80. The van der Waals surface area contributed by atoms with Crippen molar-refractivity contribution in [1.82, 2.24) is 9.97 Å². The minimum Gasteiger partial charge on any atom is -0.387 e. The molecule has 1 aromatic rings. The van der Waals surface area contributed by atoms with Crippen LogP contribution in [0.1, 0.15) is 0 Å². The van der Waals surface area contributed by atoms with Crippen LogP contribution in [0.25, 0.3) is 0 Å². The second kappa shape index (κ2) is 9.07. The van der Waals surface area contributed by atoms with Crippen molar-refractivity contribution in [2.45, 2.75) is 23.7 Å². The molecule has 0 saturated carbocycles. The van der Waals surface area contributed by atoms with E-state index >= 15 is 0 Å². The number of nitrogens with zero attached hydrogens (tertiary/aromatic N) is 4. The Hall–Kier alpha value is -0.840. The minimum absolute atomic E-state index is 0.208. The summed E-state index contributed by atoms with van der Waals surface area (Å²) < 4.78 is 51.5. The number of nitrogen functional groups attached to an aromatic ring is 1. The third-order valence-electron chi connectivity index (χ3n) is 4.31. The molecule has 0 bridgehead atoms. The molecule has 7 N–H and O–H groups in total. The van der Waals surface area contributed by atoms with E-state index in [0.717, 1.165) is 0 Å². The number of phosphoric ester groups is 1. The number of hydrogen-bond acceptors (Lipinski definition) is 14. The molecule has 3 rings (SSSR count). The van der Waals surface area contributed by atoms with Crippen molar-refractivity contribution >= 4 is 53.4 Å². The van der Waals surface area contributed by atoms with E-state index in [-0.39, 0.29) is 12.5 Å². The summed E-state index contributed by atoms with van der Waals surface area (Å²) in [7, 11) is -14.8. The molecule has 3 heterocycles. The monoisotopic (exact) mass is 539 g/mol. The second-order valence-corrected chi connectivity index (χ2v) is 11.7. The number of fused-ring (bicyclic) bond motifs is 1. The predicted molar refractivity (Wildman–Crippen MR) is 109 cm³/mol. The maximum absolute atomic E-state index is 11.9. The van der Waals surface area contributed by atoms with Gasteiger partial charge in [-0.15, -0.1) is 0 Å². The Morgan fingerprint density at radius 2 is 1.88 bits per heavy atom. The Labute approximate surface area is 186 Å². The van der Waals surface area contributed by atoms with E-state index in [0.29, 0.717) is 11.5 Å². The van der Waals surface area contributed by atoms with Gasteiger partial charge in [0.15, 0.2) is 17.9 Å². The van der Waals surface area contributed by atoms with Crippen LogP contribution in [0, 0.1) is 0 Å². The zero-order valence-electron chi connectivity index (χ0n) is 16.0. The number of hydrogen-bond donors (Lipinski definition) is 7. The van der Waals surface area contributed by atoms with E-state index in [1.807, 2.05) is 0 Å². The van der Waals surface area contributed by atoms with Crippen molar-refractivity contribution in [3.63, 3.8) is 0 Å². The van der Waals surface area contributed by atoms with Crippen LogP contribution in [-0.2, 0) is 31.6 Å². The van der Waals surface area contributed by atoms with E-state index in [1.54, 1.807) is 16.8 Å². The Bertz CT molecular complexity index is 1010. The molecule has 1 fully saturated rings. The molecule has 1 saturated heterocycles. The number of aliphatic hydroxyl groups excluding tert-OH is 1. The van der Waals surface area contributed by atoms with E-state index in [2.05, 4.69) is 35.7 Å². The molecular weight excluding hydrogens is 519 g/mol. The van der Waals surface area contributed by atoms with Crippen molar-refractivity contribution in [3.05, 3.63) is 6.33 Å². The summed E-state index contributed by atoms with van der Waals surface area (Å²) in [6.07, 6.45) is -2.14. The lowest BCUT2D eigenvalue weighted by atomic mass is 10.2. The third-order valence-corrected chi connectivity index (χ3v) is 8.75. The van der Waals surface area contributed by atoms with Crippen LogP contribution < -0.4 is 15.5 Å². The highest BCUT2D eigenvalue weighted by atomic mass is 32.1. The summed E-state index contributed by atoms with van der Waals surface area (Å²) in [5, 5.41) is 9.62. The van der Waals surface area contributed by atoms with Gasteiger partial charge >= 0.3 is 23.5 Å². The van der Waals surface area contributed by atoms with Crippen LogP contribution >= 0.6 is 36.1 Å². The predicted octanol–water partition coefficient (Wildman–Crippen LogP) is -1.00. The first-order chi connectivity index (χ1) is 14.6. The summed E-state index contributed by atoms with van der Waals surface area (Å²) in [5.74, 6) is 0.581. The summed E-state index contributed by atoms with van der Waals surface area (Å²) in [6.45, 7) is -0.545. The quantitative estimate of drug-likeness (QED) is 0.155. The standard InChI is InChI=1S/C11H20N5O12P3S/c1-15-4-16(10-6(15)9(12)13-3-14-10)11-7(17)8(32)5(26-11)2-25-30(21,22)28-31(23,24)27-29(18,19)20/h3,5,7-8,11,17,32H,2,4H2,1H3,(H,21,22)(H,23,24)(H2,12,13,14)(H2,18,19,20). The van der Waals surface area contributed by atoms with E-state index < -0.39 is 53.8 Å². The molecule has 1 aromatic heterocycles. The molecule has 0 aromatic carbocycles. The first-order valence-electron chi connectivity index (χ1n) is 8.48. The first kappa shape index (κ1) is 25.8. The number of rotatable bonds is 8. The molecule has 2 aliphatic heterocycles. The average molecular weight is 539 g/mol. The van der Waals surface area contributed by atoms with Gasteiger partial charge in [0, 0.05) is 7.05 Å². The van der Waals surface area contributed by atoms with Gasteiger partial charge in [-0.05, 0) is 0 Å². The summed E-state index contributed by atoms with van der Waals surface area (Å²) in [6, 6.07) is 0. The van der Waals surface area contributed by atoms with Crippen LogP contribution in [0.4, 0.5) is 17.3 Å². The fourth-order valence-corrected chi connectivity index (χ4v) is 6.46. The van der Waals surface area contributed by atoms with Crippen molar-refractivity contribution in [2.24, 2.45) is 0 Å². The van der Waals surface area contributed by atoms with Crippen LogP contribution in [0.3, 0.4) is 0 Å². The van der Waals surface area contributed by atoms with Crippen molar-refractivity contribution < 1.29 is 56.3 Å². The zero-order valence-corrected chi connectivity index (χ0v) is 19.6. The largest absolute Gasteiger partial charge is 0.490 e. The Morgan fingerprint density at radius 3 is 2.50 bits per heavy atom. The molecule has 21 heteroatoms. The van der Waals surface area contributed by atoms with Gasteiger partial charge in [-0.25, -0.2) is 23.7 Å². The van der Waals surface area contributed by atoms with Gasteiger partial charge in [-0.1, -0.05) is 0 Å². The van der Waals surface area contributed by atoms with Gasteiger partial charge in [0.2, 0.25) is 0 Å². The first-order valence-corrected chi connectivity index (χ1v) is 13.5. The fourth-order valence-electron chi connectivity index (χ4n) is 3.12. The normalized spacial score (nSPS) is 29.6. The van der Waals surface area contributed by atoms with Gasteiger partial charge in [0.05, 0.1) is 24.6 Å². The fraction of sp³-hybridized carbons (Fsp3) is 0.636. The highest BCUT2D eigenvalue weighted by Gasteiger charge is 2.49. The van der Waals surface area contributed by atoms with Crippen LogP contribution in [0.5, 0.6) is 0 Å². The van der Waals surface area contributed by atoms with Gasteiger partial charge in [-0.2, -0.15) is 21.3 Å². The van der Waals surface area contributed by atoms with Crippen molar-refractivity contribution in [3.8, 4) is 0 Å². The molecule has 17 nitrogen and oxygen atoms in total. The van der Waals surface area contributed by atoms with Crippen molar-refractivity contribution in [2.75, 3.05) is 35.9 Å². The molecule has 0 radical (unpaired) electrons. The number of aliphatic hydroxyl groups is 1. The molecule has 182 valence electrons. The van der Waals surface area contributed by atoms with E-state index in [4.69, 9.17) is 20.3 Å². The van der Waals surface area contributed by atoms with Crippen LogP contribution in [-0.4, -0.2) is 78.7 Å². The Balaban J connectivity index is 1.67. The van der Waals surface area contributed by atoms with E-state index in [1.165, 1.54) is 6.33 Å². The van der Waals surface area contributed by atoms with Gasteiger partial charge < -0.3 is 45.0 Å². The Morgan fingerprint density at radius 1 is 1.22 bits per heavy atom. The smallest absolute Gasteiger partial charge is 0.387 e. The average Bonchev–Trinajstić information content (AvgIpc) is 3.09. The van der Waals surface area contributed by atoms with Crippen LogP contribution in [0.15, 0.2) is 6.33 Å². The van der Waals surface area contributed by atoms with Gasteiger partial charge in [0.25, 0.3) is 0 Å². The SMILES string of the molecule is CN1CN(C2OC(COP(=O)(O)OP(=O)(O)OP(=O)(O)O)C(S)C2O)c2ncnc(N)c21. The molecule has 0 spiro atoms. The molecule has 6 atom stereocenters. The molecule has 6 unspecified atom stereocenters. The number of aromatic nitrogens is 2. The lowest BCUT2D eigenvalue weighted by Crippen LogP contribution is -2.44. The van der Waals surface area contributed by atoms with Gasteiger partial charge in [0.1, 0.15) is 18.1 Å². The molecule has 0 aliphatic carbocycles. The van der Waals surface area contributed by atoms with Gasteiger partial charge in [-0.3, -0.25) is 4.52 Å². The highest BCUT2D eigenvalue weighted by molar-refractivity contribution is 7.81. The maximum atomic E-state index is 11.9. The number of anilines is 3. The number of ether oxygens (including phenoxy) is 1. The highest BCUT2D eigenvalue weighted by Crippen LogP contribution is 2.66. The number of phosphoric acid groups is 3. The molecule has 2 aliphatic rings. The van der Waals surface area contributed by atoms with Crippen molar-refractivity contribution in [1.29, 1.82) is 0 Å². The molecule has 32 heavy (non-hydrogen) atoms. The van der Waals surface area contributed by atoms with Crippen LogP contribution in [0.2, 0.25) is 0 Å². The molecular formula is C11H20N5O12P3S. The Kier molecular flexibility index (Phi) is 7.31. The summed E-state index contributed by atoms with van der Waals surface area (Å²) >= 11 is 4.22. The summed E-state index contributed by atoms with van der Waals surface area (Å²) in [5.41, 5.74) is 6.37. The lowest BCUT2D eigenvalue weighted by Gasteiger charge is -2.27. The topological polar surface area (TPSA) is 248 Å². The number of thiol groups is 1.